The Labute approximate surface area is 602 Å². The molecule has 11 N–H and O–H groups in total. The summed E-state index contributed by atoms with van der Waals surface area (Å²) in [6.07, 6.45) is 7.33. The van der Waals surface area contributed by atoms with Gasteiger partial charge < -0.3 is 85.1 Å². The molecule has 2 saturated heterocycles. The van der Waals surface area contributed by atoms with Crippen molar-refractivity contribution >= 4 is 114 Å². The van der Waals surface area contributed by atoms with Gasteiger partial charge in [0.05, 0.1) is 82.5 Å². The van der Waals surface area contributed by atoms with E-state index in [0.717, 1.165) is 60.3 Å². The number of aromatic amines is 4. The van der Waals surface area contributed by atoms with Crippen LogP contribution in [0.25, 0.3) is 0 Å². The van der Waals surface area contributed by atoms with E-state index in [2.05, 4.69) is 105 Å². The van der Waals surface area contributed by atoms with Crippen LogP contribution < -0.4 is 68.9 Å². The van der Waals surface area contributed by atoms with Gasteiger partial charge >= 0.3 is 16.6 Å². The highest BCUT2D eigenvalue weighted by atomic mass is 36.0. The molecule has 98 heavy (non-hydrogen) atoms. The van der Waals surface area contributed by atoms with Crippen LogP contribution in [0, 0.1) is 0 Å². The standard InChI is InChI=1S/C21H31N5O3.C14H22N2O2.C7H10ClN3O.C6H6Cl2N2O.C6H8N2O3.C5H5ClN2O2.CH5N.Cl3OP/c1-22-20-14-17(15-27-2)24-21(25-20)23-16-7-8-18(28-3)19(13-16)29-12-6-11-26-9-4-5-10-26;1-17-13-6-5-12(15)11-14(13)18-10-4-9-16-7-2-3-8-16;1-9-6-3-5(4-12-2)10-7(8)11-6;1-11-3-4-2-5(7)10-6(8)9-4;1-11-3-4-2-5(9)8-6(10)7-4;6-2-3-1-4(9)8-5(10)7-3;1-2;1-5(2,3)4/h7-8,13-14H,4-6,9-12,15H2,1-3H3,(H2,22,23,24,25);5-6,11H,2-4,7-10,15H2,1H3;3H,4H2,1-2H3,(H,9,10,11);2H,3H2,1H3;2H,3H2,1H3,(H2,7,8,9,10);1H,2H2,(H2,7,8,9,10);2H2,1H3;. The smallest absolute Gasteiger partial charge is 0.339 e. The Bertz CT molecular complexity index is 3600. The van der Waals surface area contributed by atoms with Crippen LogP contribution >= 0.6 is 85.3 Å². The Kier molecular flexibility index (Phi) is 45.3. The number of nitrogen functional groups attached to an aromatic ring is 1. The van der Waals surface area contributed by atoms with Crippen molar-refractivity contribution in [3.8, 4) is 23.0 Å². The molecule has 0 saturated carbocycles. The molecule has 0 radical (unpaired) electrons. The zero-order valence-corrected chi connectivity index (χ0v) is 62.1. The third kappa shape index (κ3) is 39.3. The van der Waals surface area contributed by atoms with Gasteiger partial charge in [-0.25, -0.2) is 34.5 Å². The molecule has 0 unspecified atom stereocenters. The summed E-state index contributed by atoms with van der Waals surface area (Å²) in [4.78, 5) is 80.5. The molecule has 38 heteroatoms. The number of nitrogens with one attached hydrogen (secondary N) is 7. The number of rotatable bonds is 25. The molecular weight excluding hydrogens is 1450 g/mol. The number of hydrogen-bond acceptors (Lipinski definition) is 26. The minimum absolute atomic E-state index is 0.138. The second kappa shape index (κ2) is 50.7. The number of H-pyrrole nitrogens is 4. The molecule has 544 valence electrons. The maximum absolute atomic E-state index is 10.7. The topological polar surface area (TPSA) is 394 Å². The highest BCUT2D eigenvalue weighted by Crippen LogP contribution is 2.61. The van der Waals surface area contributed by atoms with Crippen LogP contribution in [0.15, 0.2) is 85.9 Å². The molecule has 0 aliphatic carbocycles. The van der Waals surface area contributed by atoms with Crippen molar-refractivity contribution in [2.45, 2.75) is 70.8 Å². The molecule has 5 aromatic heterocycles. The van der Waals surface area contributed by atoms with Crippen LogP contribution in [0.3, 0.4) is 0 Å². The van der Waals surface area contributed by atoms with Gasteiger partial charge in [0.25, 0.3) is 11.1 Å². The monoisotopic (exact) mass is 1530 g/mol. The lowest BCUT2D eigenvalue weighted by Gasteiger charge is -2.16. The van der Waals surface area contributed by atoms with Crippen LogP contribution in [0.1, 0.15) is 67.0 Å². The molecule has 30 nitrogen and oxygen atoms in total. The van der Waals surface area contributed by atoms with Gasteiger partial charge in [-0.05, 0) is 159 Å². The molecule has 0 amide bonds. The number of anilines is 5. The number of nitrogens with two attached hydrogens (primary N) is 2. The summed E-state index contributed by atoms with van der Waals surface area (Å²) in [6.45, 7) is 9.92. The Morgan fingerprint density at radius 1 is 0.531 bits per heavy atom. The van der Waals surface area contributed by atoms with E-state index in [0.29, 0.717) is 84.2 Å². The lowest BCUT2D eigenvalue weighted by atomic mass is 10.2. The molecular formula is C60H87Cl7N17O13P. The van der Waals surface area contributed by atoms with Crippen molar-refractivity contribution in [3.05, 3.63) is 153 Å². The first kappa shape index (κ1) is 87.5. The third-order valence-corrected chi connectivity index (χ3v) is 13.3. The first-order chi connectivity index (χ1) is 46.9. The zero-order chi connectivity index (χ0) is 72.8. The van der Waals surface area contributed by atoms with Gasteiger partial charge in [-0.3, -0.25) is 24.1 Å². The number of alkyl halides is 1. The number of methoxy groups -OCH3 is 6. The van der Waals surface area contributed by atoms with Crippen molar-refractivity contribution in [1.29, 1.82) is 0 Å². The van der Waals surface area contributed by atoms with Crippen molar-refractivity contribution in [2.75, 3.05) is 138 Å². The number of ether oxygens (including phenoxy) is 8. The van der Waals surface area contributed by atoms with Crippen LogP contribution in [0.5, 0.6) is 23.0 Å². The first-order valence-corrected chi connectivity index (χ1v) is 36.0. The molecule has 0 spiro atoms. The molecule has 9 rings (SSSR count). The van der Waals surface area contributed by atoms with E-state index in [-0.39, 0.29) is 23.1 Å². The van der Waals surface area contributed by atoms with Gasteiger partial charge in [-0.1, -0.05) is 11.6 Å². The van der Waals surface area contributed by atoms with E-state index in [1.807, 2.05) is 59.5 Å². The lowest BCUT2D eigenvalue weighted by molar-refractivity contribution is 0.181. The van der Waals surface area contributed by atoms with Crippen molar-refractivity contribution in [3.63, 3.8) is 0 Å². The number of likely N-dealkylation sites (tertiary alicyclic amines) is 2. The molecule has 7 aromatic rings. The van der Waals surface area contributed by atoms with Crippen molar-refractivity contribution in [1.82, 2.24) is 59.6 Å². The van der Waals surface area contributed by atoms with Crippen LogP contribution in [-0.4, -0.2) is 176 Å². The maximum Gasteiger partial charge on any atom is 0.339 e. The van der Waals surface area contributed by atoms with E-state index < -0.39 is 27.7 Å². The number of halogens is 7. The number of aromatic nitrogens is 10. The first-order valence-electron chi connectivity index (χ1n) is 29.9. The highest BCUT2D eigenvalue weighted by Gasteiger charge is 2.14. The van der Waals surface area contributed by atoms with Gasteiger partial charge in [0.15, 0.2) is 23.0 Å². The maximum atomic E-state index is 10.7. The normalized spacial score (nSPS) is 12.2. The van der Waals surface area contributed by atoms with Gasteiger partial charge in [0.1, 0.15) is 16.8 Å². The molecule has 2 aliphatic heterocycles. The van der Waals surface area contributed by atoms with Crippen molar-refractivity contribution < 1.29 is 42.5 Å². The summed E-state index contributed by atoms with van der Waals surface area (Å²) in [5.41, 5.74) is 13.0. The van der Waals surface area contributed by atoms with E-state index >= 15 is 0 Å². The van der Waals surface area contributed by atoms with Gasteiger partial charge in [0, 0.05) is 109 Å². The Balaban J connectivity index is 0.000000411. The van der Waals surface area contributed by atoms with Gasteiger partial charge in [-0.15, -0.1) is 11.6 Å². The molecule has 2 aliphatic rings. The van der Waals surface area contributed by atoms with Crippen LogP contribution in [0.4, 0.5) is 29.0 Å². The number of hydrogen-bond donors (Lipinski definition) is 9. The summed E-state index contributed by atoms with van der Waals surface area (Å²) in [7, 11) is 14.7. The minimum Gasteiger partial charge on any atom is -0.493 e. The van der Waals surface area contributed by atoms with E-state index in [1.54, 1.807) is 54.7 Å². The average molecular weight is 1530 g/mol. The molecule has 2 fully saturated rings. The Morgan fingerprint density at radius 2 is 0.959 bits per heavy atom. The largest absolute Gasteiger partial charge is 0.493 e. The van der Waals surface area contributed by atoms with Crippen LogP contribution in [-0.2, 0) is 55.8 Å². The lowest BCUT2D eigenvalue weighted by Crippen LogP contribution is -2.23. The van der Waals surface area contributed by atoms with Gasteiger partial charge in [0.2, 0.25) is 16.5 Å². The molecule has 0 bridgehead atoms. The fraction of sp³-hybridized carbons (Fsp3) is 0.467. The van der Waals surface area contributed by atoms with Crippen molar-refractivity contribution in [2.24, 2.45) is 5.73 Å². The fourth-order valence-electron chi connectivity index (χ4n) is 8.47. The highest BCUT2D eigenvalue weighted by molar-refractivity contribution is 8.24. The minimum atomic E-state index is -3.22. The number of benzene rings is 2. The van der Waals surface area contributed by atoms with Crippen LogP contribution in [0.2, 0.25) is 15.7 Å². The Hall–Kier alpha value is -6.58. The fourth-order valence-corrected chi connectivity index (χ4v) is 9.27. The second-order valence-corrected chi connectivity index (χ2v) is 27.9. The summed E-state index contributed by atoms with van der Waals surface area (Å²) in [5, 5.41) is 6.64. The third-order valence-electron chi connectivity index (χ3n) is 12.5. The quantitative estimate of drug-likeness (QED) is 0.00641. The predicted octanol–water partition coefficient (Wildman–Crippen LogP) is 10.1. The molecule has 0 atom stereocenters. The summed E-state index contributed by atoms with van der Waals surface area (Å²) in [5.74, 6) is 4.95. The number of nitrogens with zero attached hydrogens (tertiary/aromatic N) is 8. The summed E-state index contributed by atoms with van der Waals surface area (Å²) in [6, 6.07) is 19.0. The SMILES string of the molecule is CN.CNc1cc(COC)nc(Cl)n1.CNc1cc(COC)nc(Nc2ccc(OC)c(OCCCN3CCCC3)c2)n1.COCc1cc(=O)[nH]c(=O)[nH]1.COCc1cc(Cl)nc(Cl)n1.COc1ccc(N)cc1OCCCN1CCCC1.O=P(Cl)(Cl)Cl.O=c1cc(CCl)[nH]c(=O)[nH]1. The van der Waals surface area contributed by atoms with Gasteiger partial charge in [-0.2, -0.15) is 4.98 Å². The second-order valence-electron chi connectivity index (χ2n) is 19.9. The summed E-state index contributed by atoms with van der Waals surface area (Å²) < 4.78 is 51.6. The molecule has 2 aromatic carbocycles. The molecule has 7 heterocycles. The van der Waals surface area contributed by atoms with E-state index in [4.69, 9.17) is 90.0 Å². The average Bonchev–Trinajstić information content (AvgIpc) is 1.17. The zero-order valence-electron chi connectivity index (χ0n) is 55.9. The predicted molar refractivity (Wildman–Crippen MR) is 389 cm³/mol. The van der Waals surface area contributed by atoms with E-state index in [1.165, 1.54) is 78.2 Å². The van der Waals surface area contributed by atoms with E-state index in [9.17, 15) is 23.7 Å². The Morgan fingerprint density at radius 3 is 1.41 bits per heavy atom. The summed E-state index contributed by atoms with van der Waals surface area (Å²) >= 11 is 36.0.